The van der Waals surface area contributed by atoms with E-state index in [1.165, 1.54) is 51.4 Å². The highest BCUT2D eigenvalue weighted by Crippen LogP contribution is 2.07. The smallest absolute Gasteiger partial charge is 0.320 e. The van der Waals surface area contributed by atoms with Crippen LogP contribution in [0.25, 0.3) is 0 Å². The van der Waals surface area contributed by atoms with Crippen molar-refractivity contribution in [3.63, 3.8) is 0 Å². The highest BCUT2D eigenvalue weighted by atomic mass is 16.5. The van der Waals surface area contributed by atoms with Gasteiger partial charge < -0.3 is 14.3 Å². The maximum atomic E-state index is 12.2. The summed E-state index contributed by atoms with van der Waals surface area (Å²) in [5.74, 6) is -0.597. The van der Waals surface area contributed by atoms with Crippen LogP contribution in [0.5, 0.6) is 0 Å². The van der Waals surface area contributed by atoms with E-state index < -0.39 is 0 Å². The zero-order valence-corrected chi connectivity index (χ0v) is 20.2. The second-order valence-electron chi connectivity index (χ2n) is 8.35. The van der Waals surface area contributed by atoms with Crippen molar-refractivity contribution in [2.75, 3.05) is 32.8 Å². The van der Waals surface area contributed by atoms with E-state index in [1.54, 1.807) is 4.90 Å². The molecule has 6 nitrogen and oxygen atoms in total. The van der Waals surface area contributed by atoms with Crippen LogP contribution in [0.1, 0.15) is 110 Å². The van der Waals surface area contributed by atoms with Crippen molar-refractivity contribution >= 4 is 18.2 Å². The Labute approximate surface area is 190 Å². The van der Waals surface area contributed by atoms with Gasteiger partial charge in [-0.3, -0.25) is 14.5 Å². The third kappa shape index (κ3) is 21.6. The van der Waals surface area contributed by atoms with Crippen molar-refractivity contribution in [1.82, 2.24) is 4.90 Å². The van der Waals surface area contributed by atoms with Crippen LogP contribution in [0.15, 0.2) is 0 Å². The molecular formula is C25H47NO5. The van der Waals surface area contributed by atoms with Crippen LogP contribution in [0.4, 0.5) is 0 Å². The number of rotatable bonds is 23. The lowest BCUT2D eigenvalue weighted by Gasteiger charge is -2.20. The normalized spacial score (nSPS) is 10.9. The van der Waals surface area contributed by atoms with Gasteiger partial charge in [0.25, 0.3) is 0 Å². The molecule has 0 aliphatic rings. The van der Waals surface area contributed by atoms with Crippen molar-refractivity contribution in [1.29, 1.82) is 0 Å². The van der Waals surface area contributed by atoms with Crippen LogP contribution in [0.2, 0.25) is 0 Å². The number of unbranched alkanes of at least 4 members (excludes halogenated alkanes) is 12. The molecule has 0 radical (unpaired) electrons. The molecule has 0 aliphatic carbocycles. The average Bonchev–Trinajstić information content (AvgIpc) is 2.75. The molecule has 31 heavy (non-hydrogen) atoms. The topological polar surface area (TPSA) is 72.9 Å². The first kappa shape index (κ1) is 29.6. The Morgan fingerprint density at radius 2 is 1.10 bits per heavy atom. The zero-order chi connectivity index (χ0) is 23.0. The maximum absolute atomic E-state index is 12.2. The Hall–Kier alpha value is -1.43. The molecule has 6 heteroatoms. The SMILES string of the molecule is CCCCCCCCOC(=O)CN(CCCCC=O)CC(=O)OCCCCCCCC. The van der Waals surface area contributed by atoms with E-state index in [9.17, 15) is 14.4 Å². The first-order chi connectivity index (χ1) is 15.1. The Bertz CT molecular complexity index is 410. The third-order valence-electron chi connectivity index (χ3n) is 5.27. The highest BCUT2D eigenvalue weighted by molar-refractivity contribution is 5.75. The largest absolute Gasteiger partial charge is 0.465 e. The molecule has 0 N–H and O–H groups in total. The molecule has 0 bridgehead atoms. The summed E-state index contributed by atoms with van der Waals surface area (Å²) in [7, 11) is 0. The number of nitrogens with zero attached hydrogens (tertiary/aromatic N) is 1. The molecule has 0 aliphatic heterocycles. The lowest BCUT2D eigenvalue weighted by molar-refractivity contribution is -0.148. The molecule has 182 valence electrons. The van der Waals surface area contributed by atoms with Gasteiger partial charge in [0.15, 0.2) is 0 Å². The minimum atomic E-state index is -0.298. The van der Waals surface area contributed by atoms with E-state index in [0.717, 1.165) is 44.8 Å². The van der Waals surface area contributed by atoms with Gasteiger partial charge in [-0.05, 0) is 32.2 Å². The molecule has 0 heterocycles. The van der Waals surface area contributed by atoms with Gasteiger partial charge in [0.1, 0.15) is 6.29 Å². The van der Waals surface area contributed by atoms with Crippen molar-refractivity contribution < 1.29 is 23.9 Å². The summed E-state index contributed by atoms with van der Waals surface area (Å²) in [6.07, 6.45) is 16.6. The predicted octanol–water partition coefficient (Wildman–Crippen LogP) is 5.47. The monoisotopic (exact) mass is 441 g/mol. The molecule has 0 amide bonds. The summed E-state index contributed by atoms with van der Waals surface area (Å²) in [5.41, 5.74) is 0. The standard InChI is InChI=1S/C25H47NO5/c1-3-5-7-9-11-16-20-30-24(28)22-26(18-14-13-15-19-27)23-25(29)31-21-17-12-10-8-6-4-2/h19H,3-18,20-23H2,1-2H3. The van der Waals surface area contributed by atoms with E-state index >= 15 is 0 Å². The van der Waals surface area contributed by atoms with E-state index in [4.69, 9.17) is 9.47 Å². The van der Waals surface area contributed by atoms with Gasteiger partial charge in [-0.1, -0.05) is 78.1 Å². The summed E-state index contributed by atoms with van der Waals surface area (Å²) >= 11 is 0. The van der Waals surface area contributed by atoms with E-state index in [0.29, 0.717) is 26.2 Å². The van der Waals surface area contributed by atoms with Gasteiger partial charge in [0.2, 0.25) is 0 Å². The van der Waals surface area contributed by atoms with Crippen LogP contribution in [-0.2, 0) is 23.9 Å². The van der Waals surface area contributed by atoms with E-state index in [-0.39, 0.29) is 25.0 Å². The van der Waals surface area contributed by atoms with Crippen LogP contribution in [0.3, 0.4) is 0 Å². The van der Waals surface area contributed by atoms with E-state index in [2.05, 4.69) is 13.8 Å². The Morgan fingerprint density at radius 3 is 1.55 bits per heavy atom. The van der Waals surface area contributed by atoms with Gasteiger partial charge >= 0.3 is 11.9 Å². The van der Waals surface area contributed by atoms with Crippen molar-refractivity contribution in [3.8, 4) is 0 Å². The number of ether oxygens (including phenoxy) is 2. The molecule has 0 fully saturated rings. The number of carbonyl (C=O) groups is 3. The minimum absolute atomic E-state index is 0.0864. The Balaban J connectivity index is 4.12. The predicted molar refractivity (Wildman–Crippen MR) is 125 cm³/mol. The molecule has 0 spiro atoms. The fourth-order valence-corrected chi connectivity index (χ4v) is 3.37. The van der Waals surface area contributed by atoms with Crippen molar-refractivity contribution in [2.24, 2.45) is 0 Å². The second kappa shape index (κ2) is 23.2. The van der Waals surface area contributed by atoms with Crippen molar-refractivity contribution in [2.45, 2.75) is 110 Å². The van der Waals surface area contributed by atoms with Gasteiger partial charge in [0.05, 0.1) is 26.3 Å². The molecule has 0 saturated heterocycles. The second-order valence-corrected chi connectivity index (χ2v) is 8.35. The fourth-order valence-electron chi connectivity index (χ4n) is 3.37. The number of hydrogen-bond donors (Lipinski definition) is 0. The molecular weight excluding hydrogens is 394 g/mol. The fraction of sp³-hybridized carbons (Fsp3) is 0.880. The number of hydrogen-bond acceptors (Lipinski definition) is 6. The quantitative estimate of drug-likeness (QED) is 0.119. The minimum Gasteiger partial charge on any atom is -0.465 e. The van der Waals surface area contributed by atoms with Crippen LogP contribution in [-0.4, -0.2) is 56.0 Å². The van der Waals surface area contributed by atoms with Gasteiger partial charge in [0, 0.05) is 6.42 Å². The molecule has 0 aromatic rings. The lowest BCUT2D eigenvalue weighted by atomic mass is 10.1. The Kier molecular flexibility index (Phi) is 22.2. The zero-order valence-electron chi connectivity index (χ0n) is 20.2. The van der Waals surface area contributed by atoms with Gasteiger partial charge in [-0.2, -0.15) is 0 Å². The van der Waals surface area contributed by atoms with Crippen LogP contribution < -0.4 is 0 Å². The average molecular weight is 442 g/mol. The van der Waals surface area contributed by atoms with Gasteiger partial charge in [-0.15, -0.1) is 0 Å². The summed E-state index contributed by atoms with van der Waals surface area (Å²) in [5, 5.41) is 0. The third-order valence-corrected chi connectivity index (χ3v) is 5.27. The highest BCUT2D eigenvalue weighted by Gasteiger charge is 2.16. The number of carbonyl (C=O) groups excluding carboxylic acids is 3. The van der Waals surface area contributed by atoms with Gasteiger partial charge in [-0.25, -0.2) is 0 Å². The molecule has 0 atom stereocenters. The summed E-state index contributed by atoms with van der Waals surface area (Å²) < 4.78 is 10.7. The van der Waals surface area contributed by atoms with Crippen LogP contribution in [0, 0.1) is 0 Å². The molecule has 0 aromatic heterocycles. The molecule has 0 unspecified atom stereocenters. The molecule has 0 rings (SSSR count). The maximum Gasteiger partial charge on any atom is 0.320 e. The van der Waals surface area contributed by atoms with Crippen molar-refractivity contribution in [3.05, 3.63) is 0 Å². The van der Waals surface area contributed by atoms with E-state index in [1.807, 2.05) is 0 Å². The molecule has 0 saturated carbocycles. The summed E-state index contributed by atoms with van der Waals surface area (Å²) in [6.45, 7) is 6.00. The lowest BCUT2D eigenvalue weighted by Crippen LogP contribution is -2.37. The number of aldehydes is 1. The summed E-state index contributed by atoms with van der Waals surface area (Å²) in [6, 6.07) is 0. The first-order valence-corrected chi connectivity index (χ1v) is 12.6. The molecule has 0 aromatic carbocycles. The number of esters is 2. The van der Waals surface area contributed by atoms with Crippen LogP contribution >= 0.6 is 0 Å². The Morgan fingerprint density at radius 1 is 0.645 bits per heavy atom. The summed E-state index contributed by atoms with van der Waals surface area (Å²) in [4.78, 5) is 36.6. The first-order valence-electron chi connectivity index (χ1n) is 12.6.